The summed E-state index contributed by atoms with van der Waals surface area (Å²) in [5.41, 5.74) is 15.5. The van der Waals surface area contributed by atoms with E-state index in [-0.39, 0.29) is 0 Å². The molecule has 0 aliphatic heterocycles. The van der Waals surface area contributed by atoms with E-state index in [0.717, 1.165) is 54.0 Å². The normalized spacial score (nSPS) is 11.1. The van der Waals surface area contributed by atoms with E-state index in [1.165, 1.54) is 0 Å². The summed E-state index contributed by atoms with van der Waals surface area (Å²) in [4.78, 5) is 4.78. The van der Waals surface area contributed by atoms with Crippen molar-refractivity contribution in [2.24, 2.45) is 5.73 Å². The lowest BCUT2D eigenvalue weighted by atomic mass is 10.2. The predicted molar refractivity (Wildman–Crippen MR) is 87.9 cm³/mol. The maximum Gasteiger partial charge on any atom is 0.141 e. The minimum atomic E-state index is 0.722. The Morgan fingerprint density at radius 1 is 1.00 bits per heavy atom. The number of unbranched alkanes of at least 4 members (excludes halogenated alkanes) is 1. The number of nitrogens with two attached hydrogens (primary N) is 2. The Morgan fingerprint density at radius 3 is 2.67 bits per heavy atom. The van der Waals surface area contributed by atoms with Gasteiger partial charge >= 0.3 is 0 Å². The largest absolute Gasteiger partial charge is 0.399 e. The molecule has 0 atom stereocenters. The molecule has 0 bridgehead atoms. The van der Waals surface area contributed by atoms with E-state index in [0.29, 0.717) is 0 Å². The number of imidazole rings is 1. The lowest BCUT2D eigenvalue weighted by Crippen LogP contribution is -2.04. The second-order valence-corrected chi connectivity index (χ2v) is 5.20. The van der Waals surface area contributed by atoms with Crippen LogP contribution >= 0.6 is 0 Å². The molecule has 2 aromatic carbocycles. The highest BCUT2D eigenvalue weighted by atomic mass is 15.1. The number of anilines is 1. The van der Waals surface area contributed by atoms with E-state index in [2.05, 4.69) is 16.7 Å². The van der Waals surface area contributed by atoms with Crippen molar-refractivity contribution in [3.05, 3.63) is 48.5 Å². The number of aryl methyl sites for hydroxylation is 1. The van der Waals surface area contributed by atoms with E-state index in [4.69, 9.17) is 16.5 Å². The van der Waals surface area contributed by atoms with Gasteiger partial charge in [-0.1, -0.05) is 24.3 Å². The third-order valence-corrected chi connectivity index (χ3v) is 3.64. The summed E-state index contributed by atoms with van der Waals surface area (Å²) < 4.78 is 2.26. The number of fused-ring (bicyclic) bond motifs is 1. The van der Waals surface area contributed by atoms with Crippen molar-refractivity contribution in [3.63, 3.8) is 0 Å². The van der Waals surface area contributed by atoms with Crippen LogP contribution in [0.25, 0.3) is 22.4 Å². The van der Waals surface area contributed by atoms with Crippen molar-refractivity contribution >= 4 is 16.7 Å². The number of benzene rings is 2. The van der Waals surface area contributed by atoms with Gasteiger partial charge in [-0.15, -0.1) is 0 Å². The summed E-state index contributed by atoms with van der Waals surface area (Å²) in [5, 5.41) is 0. The smallest absolute Gasteiger partial charge is 0.141 e. The van der Waals surface area contributed by atoms with Gasteiger partial charge in [-0.2, -0.15) is 0 Å². The Bertz CT molecular complexity index is 745. The van der Waals surface area contributed by atoms with E-state index >= 15 is 0 Å². The maximum atomic E-state index is 5.91. The van der Waals surface area contributed by atoms with E-state index in [1.807, 2.05) is 36.4 Å². The number of hydrogen-bond donors (Lipinski definition) is 2. The molecule has 3 rings (SSSR count). The van der Waals surface area contributed by atoms with Crippen LogP contribution in [-0.4, -0.2) is 16.1 Å². The zero-order valence-corrected chi connectivity index (χ0v) is 12.0. The standard InChI is InChI=1S/C17H20N4/c18-10-3-4-11-21-16-9-2-1-8-15(16)20-17(21)13-6-5-7-14(19)12-13/h1-2,5-9,12H,3-4,10-11,18-19H2. The lowest BCUT2D eigenvalue weighted by Gasteiger charge is -2.09. The number of para-hydroxylation sites is 2. The van der Waals surface area contributed by atoms with Crippen LogP contribution in [0.3, 0.4) is 0 Å². The first-order valence-corrected chi connectivity index (χ1v) is 7.31. The molecule has 0 saturated heterocycles. The van der Waals surface area contributed by atoms with Crippen molar-refractivity contribution in [2.45, 2.75) is 19.4 Å². The Kier molecular flexibility index (Phi) is 3.88. The Morgan fingerprint density at radius 2 is 1.86 bits per heavy atom. The highest BCUT2D eigenvalue weighted by molar-refractivity contribution is 5.81. The molecular weight excluding hydrogens is 260 g/mol. The van der Waals surface area contributed by atoms with Crippen molar-refractivity contribution in [2.75, 3.05) is 12.3 Å². The molecule has 0 unspecified atom stereocenters. The van der Waals surface area contributed by atoms with Gasteiger partial charge < -0.3 is 16.0 Å². The second kappa shape index (κ2) is 5.97. The first-order chi connectivity index (χ1) is 10.3. The number of aromatic nitrogens is 2. The summed E-state index contributed by atoms with van der Waals surface area (Å²) in [7, 11) is 0. The van der Waals surface area contributed by atoms with Crippen molar-refractivity contribution in [3.8, 4) is 11.4 Å². The molecule has 108 valence electrons. The molecule has 4 nitrogen and oxygen atoms in total. The van der Waals surface area contributed by atoms with Crippen LogP contribution in [0.5, 0.6) is 0 Å². The highest BCUT2D eigenvalue weighted by Crippen LogP contribution is 2.26. The van der Waals surface area contributed by atoms with Gasteiger partial charge in [-0.05, 0) is 43.7 Å². The molecule has 4 heteroatoms. The maximum absolute atomic E-state index is 5.91. The van der Waals surface area contributed by atoms with Crippen molar-refractivity contribution in [1.29, 1.82) is 0 Å². The van der Waals surface area contributed by atoms with Crippen LogP contribution in [0.15, 0.2) is 48.5 Å². The zero-order chi connectivity index (χ0) is 14.7. The molecule has 21 heavy (non-hydrogen) atoms. The molecule has 4 N–H and O–H groups in total. The summed E-state index contributed by atoms with van der Waals surface area (Å²) in [6.45, 7) is 1.64. The summed E-state index contributed by atoms with van der Waals surface area (Å²) >= 11 is 0. The topological polar surface area (TPSA) is 69.9 Å². The monoisotopic (exact) mass is 280 g/mol. The molecule has 0 saturated carbocycles. The molecule has 1 heterocycles. The molecule has 0 radical (unpaired) electrons. The fraction of sp³-hybridized carbons (Fsp3) is 0.235. The van der Waals surface area contributed by atoms with Crippen LogP contribution in [0.4, 0.5) is 5.69 Å². The van der Waals surface area contributed by atoms with Gasteiger partial charge in [0.15, 0.2) is 0 Å². The van der Waals surface area contributed by atoms with Gasteiger partial charge in [-0.25, -0.2) is 4.98 Å². The van der Waals surface area contributed by atoms with Gasteiger partial charge in [0.05, 0.1) is 11.0 Å². The molecule has 0 aliphatic rings. The highest BCUT2D eigenvalue weighted by Gasteiger charge is 2.12. The Labute approximate surface area is 124 Å². The van der Waals surface area contributed by atoms with Crippen LogP contribution < -0.4 is 11.5 Å². The quantitative estimate of drug-likeness (QED) is 0.557. The second-order valence-electron chi connectivity index (χ2n) is 5.20. The number of rotatable bonds is 5. The zero-order valence-electron chi connectivity index (χ0n) is 12.0. The minimum absolute atomic E-state index is 0.722. The van der Waals surface area contributed by atoms with Gasteiger partial charge in [0, 0.05) is 17.8 Å². The number of hydrogen-bond acceptors (Lipinski definition) is 3. The number of nitrogen functional groups attached to an aromatic ring is 1. The van der Waals surface area contributed by atoms with E-state index < -0.39 is 0 Å². The van der Waals surface area contributed by atoms with Gasteiger partial charge in [-0.3, -0.25) is 0 Å². The average molecular weight is 280 g/mol. The fourth-order valence-corrected chi connectivity index (χ4v) is 2.61. The SMILES string of the molecule is NCCCCn1c(-c2cccc(N)c2)nc2ccccc21. The summed E-state index contributed by atoms with van der Waals surface area (Å²) in [6.07, 6.45) is 2.06. The Balaban J connectivity index is 2.09. The first kappa shape index (κ1) is 13.6. The molecule has 0 aliphatic carbocycles. The van der Waals surface area contributed by atoms with Crippen LogP contribution in [0, 0.1) is 0 Å². The number of nitrogens with zero attached hydrogens (tertiary/aromatic N) is 2. The van der Waals surface area contributed by atoms with Gasteiger partial charge in [0.25, 0.3) is 0 Å². The van der Waals surface area contributed by atoms with E-state index in [9.17, 15) is 0 Å². The third kappa shape index (κ3) is 2.76. The van der Waals surface area contributed by atoms with Gasteiger partial charge in [0.2, 0.25) is 0 Å². The first-order valence-electron chi connectivity index (χ1n) is 7.31. The van der Waals surface area contributed by atoms with E-state index in [1.54, 1.807) is 0 Å². The van der Waals surface area contributed by atoms with Gasteiger partial charge in [0.1, 0.15) is 5.82 Å². The predicted octanol–water partition coefficient (Wildman–Crippen LogP) is 3.02. The molecule has 1 aromatic heterocycles. The molecule has 3 aromatic rings. The third-order valence-electron chi connectivity index (χ3n) is 3.64. The fourth-order valence-electron chi connectivity index (χ4n) is 2.61. The lowest BCUT2D eigenvalue weighted by molar-refractivity contribution is 0.631. The van der Waals surface area contributed by atoms with Crippen molar-refractivity contribution in [1.82, 2.24) is 9.55 Å². The average Bonchev–Trinajstić information content (AvgIpc) is 2.87. The summed E-state index contributed by atoms with van der Waals surface area (Å²) in [6, 6.07) is 16.1. The van der Waals surface area contributed by atoms with Crippen LogP contribution in [0.1, 0.15) is 12.8 Å². The Hall–Kier alpha value is -2.33. The summed E-state index contributed by atoms with van der Waals surface area (Å²) in [5.74, 6) is 0.973. The van der Waals surface area contributed by atoms with Crippen LogP contribution in [0.2, 0.25) is 0 Å². The van der Waals surface area contributed by atoms with Crippen molar-refractivity contribution < 1.29 is 0 Å². The molecule has 0 fully saturated rings. The molecule has 0 spiro atoms. The van der Waals surface area contributed by atoms with Crippen LogP contribution in [-0.2, 0) is 6.54 Å². The minimum Gasteiger partial charge on any atom is -0.399 e. The molecular formula is C17H20N4. The molecule has 0 amide bonds.